The van der Waals surface area contributed by atoms with Gasteiger partial charge in [0.05, 0.1) is 23.8 Å². The third kappa shape index (κ3) is 5.26. The van der Waals surface area contributed by atoms with Crippen LogP contribution in [0.4, 0.5) is 10.2 Å². The van der Waals surface area contributed by atoms with E-state index in [-0.39, 0.29) is 47.1 Å². The smallest absolute Gasteiger partial charge is 0.240 e. The fraction of sp³-hybridized carbons (Fsp3) is 0.370. The Hall–Kier alpha value is -3.33. The Labute approximate surface area is 215 Å². The lowest BCUT2D eigenvalue weighted by atomic mass is 9.87. The molecule has 1 N–H and O–H groups in total. The number of nitrogens with zero attached hydrogens (tertiary/aromatic N) is 3. The van der Waals surface area contributed by atoms with Crippen molar-refractivity contribution in [1.29, 1.82) is 0 Å². The summed E-state index contributed by atoms with van der Waals surface area (Å²) in [5.74, 6) is 0.745. The van der Waals surface area contributed by atoms with Crippen LogP contribution >= 0.6 is 11.8 Å². The summed E-state index contributed by atoms with van der Waals surface area (Å²) in [6, 6.07) is 13.7. The summed E-state index contributed by atoms with van der Waals surface area (Å²) in [5, 5.41) is 7.48. The van der Waals surface area contributed by atoms with Gasteiger partial charge >= 0.3 is 0 Å². The van der Waals surface area contributed by atoms with Gasteiger partial charge in [-0.2, -0.15) is 5.10 Å². The molecule has 1 aliphatic rings. The van der Waals surface area contributed by atoms with E-state index in [2.05, 4.69) is 26.1 Å². The highest BCUT2D eigenvalue weighted by atomic mass is 32.2. The fourth-order valence-corrected chi connectivity index (χ4v) is 5.60. The Balaban J connectivity index is 1.72. The Morgan fingerprint density at radius 1 is 1.19 bits per heavy atom. The highest BCUT2D eigenvalue weighted by Gasteiger charge is 2.39. The molecule has 0 radical (unpaired) electrons. The molecule has 2 aromatic carbocycles. The topological polar surface area (TPSA) is 76.5 Å². The minimum absolute atomic E-state index is 0.144. The van der Waals surface area contributed by atoms with Gasteiger partial charge < -0.3 is 10.1 Å². The lowest BCUT2D eigenvalue weighted by Crippen LogP contribution is -2.42. The molecule has 0 bridgehead atoms. The number of carbonyl (C=O) groups excluding carboxylic acids is 2. The summed E-state index contributed by atoms with van der Waals surface area (Å²) in [4.78, 5) is 27.9. The van der Waals surface area contributed by atoms with E-state index in [0.29, 0.717) is 5.82 Å². The second-order valence-corrected chi connectivity index (χ2v) is 10.9. The van der Waals surface area contributed by atoms with Crippen LogP contribution in [0.2, 0.25) is 0 Å². The Kier molecular flexibility index (Phi) is 7.40. The number of anilines is 1. The Morgan fingerprint density at radius 3 is 2.56 bits per heavy atom. The van der Waals surface area contributed by atoms with Crippen LogP contribution in [0.1, 0.15) is 48.4 Å². The molecular weight excluding hydrogens is 479 g/mol. The van der Waals surface area contributed by atoms with Gasteiger partial charge in [0, 0.05) is 30.1 Å². The number of amides is 2. The molecular formula is C27H31FN4O3S. The number of thioether (sulfide) groups is 1. The number of nitrogens with one attached hydrogen (secondary N) is 1. The zero-order valence-corrected chi connectivity index (χ0v) is 22.0. The molecule has 2 heterocycles. The number of hydrogen-bond acceptors (Lipinski definition) is 5. The Morgan fingerprint density at radius 2 is 1.89 bits per heavy atom. The van der Waals surface area contributed by atoms with E-state index in [1.807, 2.05) is 24.3 Å². The van der Waals surface area contributed by atoms with Gasteiger partial charge in [-0.1, -0.05) is 51.1 Å². The van der Waals surface area contributed by atoms with Gasteiger partial charge in [-0.05, 0) is 23.8 Å². The quantitative estimate of drug-likeness (QED) is 0.534. The van der Waals surface area contributed by atoms with E-state index in [9.17, 15) is 14.0 Å². The molecule has 0 unspecified atom stereocenters. The third-order valence-electron chi connectivity index (χ3n) is 6.08. The minimum Gasteiger partial charge on any atom is -0.496 e. The van der Waals surface area contributed by atoms with E-state index >= 15 is 0 Å². The van der Waals surface area contributed by atoms with E-state index in [1.54, 1.807) is 31.0 Å². The zero-order valence-electron chi connectivity index (χ0n) is 21.2. The monoisotopic (exact) mass is 510 g/mol. The van der Waals surface area contributed by atoms with Gasteiger partial charge in [-0.15, -0.1) is 11.8 Å². The van der Waals surface area contributed by atoms with Crippen molar-refractivity contribution in [3.8, 4) is 5.75 Å². The van der Waals surface area contributed by atoms with Crippen LogP contribution in [0.3, 0.4) is 0 Å². The number of ether oxygens (including phenoxy) is 1. The second kappa shape index (κ2) is 10.3. The summed E-state index contributed by atoms with van der Waals surface area (Å²) < 4.78 is 20.6. The molecule has 2 amide bonds. The Bertz CT molecular complexity index is 1270. The molecule has 9 heteroatoms. The van der Waals surface area contributed by atoms with Gasteiger partial charge in [-0.3, -0.25) is 19.2 Å². The number of para-hydroxylation sites is 1. The van der Waals surface area contributed by atoms with Gasteiger partial charge in [0.1, 0.15) is 23.9 Å². The van der Waals surface area contributed by atoms with Crippen LogP contribution in [-0.4, -0.2) is 41.0 Å². The first-order valence-electron chi connectivity index (χ1n) is 11.7. The van der Waals surface area contributed by atoms with Crippen LogP contribution in [0.15, 0.2) is 48.5 Å². The number of halogens is 1. The van der Waals surface area contributed by atoms with Crippen molar-refractivity contribution in [1.82, 2.24) is 15.1 Å². The van der Waals surface area contributed by atoms with E-state index in [0.717, 1.165) is 28.1 Å². The van der Waals surface area contributed by atoms with Crippen molar-refractivity contribution < 1.29 is 18.7 Å². The first kappa shape index (κ1) is 25.8. The molecule has 36 heavy (non-hydrogen) atoms. The maximum absolute atomic E-state index is 13.4. The molecule has 3 aromatic rings. The standard InChI is InChI=1S/C27H31FN4O3S/c1-27(2,3)25-23-24(19-8-6-7-9-20(19)35-5)36-16-22(34)32(26(23)31(4)30-25)15-21(33)29-14-17-10-12-18(28)13-11-17/h6-13,24H,14-16H2,1-5H3,(H,29,33)/t24-/m0/s1. The SMILES string of the molecule is COc1ccccc1[C@@H]1SCC(=O)N(CC(=O)NCc2ccc(F)cc2)c2c1c(C(C)(C)C)nn2C. The van der Waals surface area contributed by atoms with Gasteiger partial charge in [0.25, 0.3) is 0 Å². The molecule has 190 valence electrons. The first-order valence-corrected chi connectivity index (χ1v) is 12.8. The second-order valence-electron chi connectivity index (χ2n) is 9.78. The van der Waals surface area contributed by atoms with Crippen LogP contribution < -0.4 is 15.0 Å². The molecule has 0 saturated heterocycles. The van der Waals surface area contributed by atoms with Crippen molar-refractivity contribution in [2.75, 3.05) is 24.3 Å². The number of benzene rings is 2. The average Bonchev–Trinajstić information content (AvgIpc) is 3.12. The summed E-state index contributed by atoms with van der Waals surface area (Å²) in [6.07, 6.45) is 0. The van der Waals surface area contributed by atoms with Crippen LogP contribution in [0, 0.1) is 5.82 Å². The summed E-state index contributed by atoms with van der Waals surface area (Å²) in [7, 11) is 3.44. The fourth-order valence-electron chi connectivity index (χ4n) is 4.37. The lowest BCUT2D eigenvalue weighted by molar-refractivity contribution is -0.123. The van der Waals surface area contributed by atoms with Crippen molar-refractivity contribution in [3.63, 3.8) is 0 Å². The van der Waals surface area contributed by atoms with Crippen molar-refractivity contribution in [2.45, 2.75) is 38.0 Å². The molecule has 1 atom stereocenters. The largest absolute Gasteiger partial charge is 0.496 e. The predicted molar refractivity (Wildman–Crippen MR) is 140 cm³/mol. The molecule has 0 aliphatic carbocycles. The summed E-state index contributed by atoms with van der Waals surface area (Å²) >= 11 is 1.51. The minimum atomic E-state index is -0.333. The molecule has 0 spiro atoms. The number of carbonyl (C=O) groups is 2. The molecule has 0 fully saturated rings. The van der Waals surface area contributed by atoms with Crippen molar-refractivity contribution in [3.05, 3.63) is 76.7 Å². The van der Waals surface area contributed by atoms with Crippen molar-refractivity contribution in [2.24, 2.45) is 7.05 Å². The van der Waals surface area contributed by atoms with Crippen LogP contribution in [0.5, 0.6) is 5.75 Å². The summed E-state index contributed by atoms with van der Waals surface area (Å²) in [6.45, 7) is 6.37. The third-order valence-corrected chi connectivity index (χ3v) is 7.32. The normalized spacial score (nSPS) is 15.9. The van der Waals surface area contributed by atoms with E-state index < -0.39 is 0 Å². The van der Waals surface area contributed by atoms with Crippen molar-refractivity contribution >= 4 is 29.4 Å². The highest BCUT2D eigenvalue weighted by molar-refractivity contribution is 8.00. The predicted octanol–water partition coefficient (Wildman–Crippen LogP) is 4.35. The molecule has 1 aromatic heterocycles. The molecule has 0 saturated carbocycles. The van der Waals surface area contributed by atoms with Gasteiger partial charge in [-0.25, -0.2) is 4.39 Å². The number of rotatable bonds is 6. The van der Waals surface area contributed by atoms with E-state index in [4.69, 9.17) is 9.84 Å². The average molecular weight is 511 g/mol. The number of methoxy groups -OCH3 is 1. The maximum atomic E-state index is 13.4. The number of aromatic nitrogens is 2. The van der Waals surface area contributed by atoms with Gasteiger partial charge in [0.2, 0.25) is 11.8 Å². The zero-order chi connectivity index (χ0) is 26.0. The summed E-state index contributed by atoms with van der Waals surface area (Å²) in [5.41, 5.74) is 3.22. The maximum Gasteiger partial charge on any atom is 0.240 e. The molecule has 1 aliphatic heterocycles. The number of aryl methyl sites for hydroxylation is 1. The number of hydrogen-bond donors (Lipinski definition) is 1. The van der Waals surface area contributed by atoms with Gasteiger partial charge in [0.15, 0.2) is 0 Å². The lowest BCUT2D eigenvalue weighted by Gasteiger charge is -2.25. The van der Waals surface area contributed by atoms with Crippen LogP contribution in [0.25, 0.3) is 0 Å². The van der Waals surface area contributed by atoms with E-state index in [1.165, 1.54) is 28.8 Å². The highest BCUT2D eigenvalue weighted by Crippen LogP contribution is 2.49. The molecule has 7 nitrogen and oxygen atoms in total. The van der Waals surface area contributed by atoms with Crippen LogP contribution in [-0.2, 0) is 28.6 Å². The molecule has 4 rings (SSSR count). The first-order chi connectivity index (χ1) is 17.1. The number of fused-ring (bicyclic) bond motifs is 1.